The monoisotopic (exact) mass is 300 g/mol. The van der Waals surface area contributed by atoms with Crippen LogP contribution in [0.5, 0.6) is 0 Å². The number of amides is 1. The Bertz CT molecular complexity index is 625. The van der Waals surface area contributed by atoms with E-state index in [-0.39, 0.29) is 17.9 Å². The third kappa shape index (κ3) is 3.32. The number of hydrogen-bond donors (Lipinski definition) is 3. The summed E-state index contributed by atoms with van der Waals surface area (Å²) >= 11 is 0. The predicted molar refractivity (Wildman–Crippen MR) is 66.0 cm³/mol. The maximum atomic E-state index is 12.0. The van der Waals surface area contributed by atoms with Crippen LogP contribution in [0.15, 0.2) is 29.2 Å². The van der Waals surface area contributed by atoms with Gasteiger partial charge < -0.3 is 5.11 Å². The van der Waals surface area contributed by atoms with Crippen LogP contribution in [0.2, 0.25) is 0 Å². The Kier molecular flexibility index (Phi) is 4.02. The van der Waals surface area contributed by atoms with Crippen LogP contribution in [0, 0.1) is 0 Å². The topological polar surface area (TPSA) is 122 Å². The van der Waals surface area contributed by atoms with Crippen molar-refractivity contribution in [2.24, 2.45) is 0 Å². The molecule has 1 amide bonds. The summed E-state index contributed by atoms with van der Waals surface area (Å²) in [5.41, 5.74) is 2.53. The van der Waals surface area contributed by atoms with Gasteiger partial charge in [0.05, 0.1) is 11.3 Å². The molecule has 2 rings (SSSR count). The summed E-state index contributed by atoms with van der Waals surface area (Å²) in [4.78, 5) is 26.3. The molecule has 1 fully saturated rings. The number of aliphatic carboxylic acids is 1. The van der Waals surface area contributed by atoms with Crippen molar-refractivity contribution < 1.29 is 28.0 Å². The molecule has 20 heavy (non-hydrogen) atoms. The molecule has 0 saturated carbocycles. The average molecular weight is 300 g/mol. The molecule has 1 atom stereocenters. The van der Waals surface area contributed by atoms with Gasteiger partial charge in [-0.2, -0.15) is 4.72 Å². The molecule has 0 bridgehead atoms. The molecule has 0 spiro atoms. The molecule has 1 aromatic rings. The first kappa shape index (κ1) is 14.4. The van der Waals surface area contributed by atoms with E-state index >= 15 is 0 Å². The molecule has 1 aliphatic heterocycles. The summed E-state index contributed by atoms with van der Waals surface area (Å²) < 4.78 is 26.2. The summed E-state index contributed by atoms with van der Waals surface area (Å²) in [5, 5.41) is 8.63. The lowest BCUT2D eigenvalue weighted by atomic mass is 10.2. The van der Waals surface area contributed by atoms with Gasteiger partial charge in [-0.3, -0.25) is 14.4 Å². The highest BCUT2D eigenvalue weighted by atomic mass is 32.2. The van der Waals surface area contributed by atoms with E-state index in [1.54, 1.807) is 0 Å². The number of benzene rings is 1. The maximum absolute atomic E-state index is 12.0. The van der Waals surface area contributed by atoms with E-state index < -0.39 is 27.9 Å². The molecule has 108 valence electrons. The smallest absolute Gasteiger partial charge is 0.307 e. The van der Waals surface area contributed by atoms with Gasteiger partial charge >= 0.3 is 5.97 Å². The number of hydrogen-bond acceptors (Lipinski definition) is 5. The molecule has 8 nitrogen and oxygen atoms in total. The van der Waals surface area contributed by atoms with E-state index in [2.05, 4.69) is 9.56 Å². The summed E-state index contributed by atoms with van der Waals surface area (Å²) in [6, 6.07) is 4.42. The molecule has 0 radical (unpaired) electrons. The zero-order valence-electron chi connectivity index (χ0n) is 10.2. The van der Waals surface area contributed by atoms with E-state index in [0.29, 0.717) is 5.56 Å². The lowest BCUT2D eigenvalue weighted by Crippen LogP contribution is -2.41. The normalized spacial score (nSPS) is 18.8. The number of carbonyl (C=O) groups is 2. The van der Waals surface area contributed by atoms with Crippen molar-refractivity contribution >= 4 is 21.9 Å². The molecule has 0 unspecified atom stereocenters. The van der Waals surface area contributed by atoms with Crippen molar-refractivity contribution in [2.75, 3.05) is 6.61 Å². The Hall–Kier alpha value is -1.97. The van der Waals surface area contributed by atoms with Gasteiger partial charge in [0.2, 0.25) is 10.0 Å². The summed E-state index contributed by atoms with van der Waals surface area (Å²) in [6.07, 6.45) is -0.188. The second-order valence-corrected chi connectivity index (χ2v) is 5.88. The number of hydroxylamine groups is 1. The first-order valence-electron chi connectivity index (χ1n) is 5.63. The van der Waals surface area contributed by atoms with Gasteiger partial charge in [0, 0.05) is 0 Å². The Morgan fingerprint density at radius 3 is 2.55 bits per heavy atom. The molecule has 1 aromatic carbocycles. The van der Waals surface area contributed by atoms with Crippen LogP contribution < -0.4 is 10.2 Å². The minimum atomic E-state index is -3.86. The standard InChI is InChI=1S/C11H12N2O6S/c14-10(15)5-7-1-3-8(4-2-7)20(17,18)13-9-6-19-12-11(9)16/h1-4,9,13H,5-6H2,(H,12,16)(H,14,15)/t9-/m1/s1. The lowest BCUT2D eigenvalue weighted by Gasteiger charge is -2.09. The molecule has 1 saturated heterocycles. The third-order valence-electron chi connectivity index (χ3n) is 2.63. The Morgan fingerprint density at radius 2 is 2.05 bits per heavy atom. The molecule has 0 aromatic heterocycles. The average Bonchev–Trinajstić information content (AvgIpc) is 2.74. The zero-order chi connectivity index (χ0) is 14.8. The Morgan fingerprint density at radius 1 is 1.40 bits per heavy atom. The molecule has 1 aliphatic rings. The number of sulfonamides is 1. The minimum Gasteiger partial charge on any atom is -0.481 e. The summed E-state index contributed by atoms with van der Waals surface area (Å²) in [5.74, 6) is -1.56. The number of carboxylic acids is 1. The van der Waals surface area contributed by atoms with Crippen molar-refractivity contribution in [3.05, 3.63) is 29.8 Å². The lowest BCUT2D eigenvalue weighted by molar-refractivity contribution is -0.136. The number of carboxylic acid groups (broad SMARTS) is 1. The van der Waals surface area contributed by atoms with Gasteiger partial charge in [-0.25, -0.2) is 13.9 Å². The van der Waals surface area contributed by atoms with Gasteiger partial charge in [-0.15, -0.1) is 0 Å². The van der Waals surface area contributed by atoms with Gasteiger partial charge in [0.15, 0.2) is 0 Å². The molecule has 3 N–H and O–H groups in total. The van der Waals surface area contributed by atoms with Gasteiger partial charge in [-0.1, -0.05) is 12.1 Å². The van der Waals surface area contributed by atoms with Crippen molar-refractivity contribution in [1.29, 1.82) is 0 Å². The van der Waals surface area contributed by atoms with Crippen LogP contribution in [0.4, 0.5) is 0 Å². The second-order valence-electron chi connectivity index (χ2n) is 4.17. The van der Waals surface area contributed by atoms with Crippen molar-refractivity contribution in [2.45, 2.75) is 17.4 Å². The summed E-state index contributed by atoms with van der Waals surface area (Å²) in [7, 11) is -3.86. The zero-order valence-corrected chi connectivity index (χ0v) is 11.0. The second kappa shape index (κ2) is 5.57. The van der Waals surface area contributed by atoms with Gasteiger partial charge in [0.25, 0.3) is 5.91 Å². The fourth-order valence-electron chi connectivity index (χ4n) is 1.65. The first-order valence-corrected chi connectivity index (χ1v) is 7.11. The van der Waals surface area contributed by atoms with Crippen molar-refractivity contribution in [1.82, 2.24) is 10.2 Å². The number of nitrogens with one attached hydrogen (secondary N) is 2. The van der Waals surface area contributed by atoms with E-state index in [1.165, 1.54) is 24.3 Å². The van der Waals surface area contributed by atoms with Crippen LogP contribution in [0.3, 0.4) is 0 Å². The molecule has 0 aliphatic carbocycles. The number of carbonyl (C=O) groups excluding carboxylic acids is 1. The maximum Gasteiger partial charge on any atom is 0.307 e. The highest BCUT2D eigenvalue weighted by Crippen LogP contribution is 2.12. The van der Waals surface area contributed by atoms with Gasteiger partial charge in [-0.05, 0) is 17.7 Å². The van der Waals surface area contributed by atoms with Crippen LogP contribution in [-0.2, 0) is 30.9 Å². The van der Waals surface area contributed by atoms with Crippen LogP contribution >= 0.6 is 0 Å². The van der Waals surface area contributed by atoms with Crippen LogP contribution in [0.1, 0.15) is 5.56 Å². The minimum absolute atomic E-state index is 0.0497. The third-order valence-corrected chi connectivity index (χ3v) is 4.11. The summed E-state index contributed by atoms with van der Waals surface area (Å²) in [6.45, 7) is -0.0881. The quantitative estimate of drug-likeness (QED) is 0.642. The Balaban J connectivity index is 2.13. The van der Waals surface area contributed by atoms with Gasteiger partial charge in [0.1, 0.15) is 12.6 Å². The molecule has 1 heterocycles. The van der Waals surface area contributed by atoms with E-state index in [1.807, 2.05) is 5.48 Å². The molecule has 9 heteroatoms. The van der Waals surface area contributed by atoms with E-state index in [4.69, 9.17) is 5.11 Å². The number of rotatable bonds is 5. The van der Waals surface area contributed by atoms with E-state index in [0.717, 1.165) is 0 Å². The largest absolute Gasteiger partial charge is 0.481 e. The van der Waals surface area contributed by atoms with E-state index in [9.17, 15) is 18.0 Å². The SMILES string of the molecule is O=C(O)Cc1ccc(S(=O)(=O)N[C@@H]2CONC2=O)cc1. The first-order chi connectivity index (χ1) is 9.38. The molecular formula is C11H12N2O6S. The van der Waals surface area contributed by atoms with Crippen LogP contribution in [-0.4, -0.2) is 38.0 Å². The highest BCUT2D eigenvalue weighted by Gasteiger charge is 2.30. The van der Waals surface area contributed by atoms with Crippen molar-refractivity contribution in [3.8, 4) is 0 Å². The highest BCUT2D eigenvalue weighted by molar-refractivity contribution is 7.89. The van der Waals surface area contributed by atoms with Crippen LogP contribution in [0.25, 0.3) is 0 Å². The predicted octanol–water partition coefficient (Wildman–Crippen LogP) is -0.978. The van der Waals surface area contributed by atoms with Crippen molar-refractivity contribution in [3.63, 3.8) is 0 Å². The Labute approximate surface area is 114 Å². The fourth-order valence-corrected chi connectivity index (χ4v) is 2.83. The molecular weight excluding hydrogens is 288 g/mol. The fraction of sp³-hybridized carbons (Fsp3) is 0.273.